The zero-order valence-corrected chi connectivity index (χ0v) is 13.0. The van der Waals surface area contributed by atoms with E-state index >= 15 is 0 Å². The summed E-state index contributed by atoms with van der Waals surface area (Å²) in [6, 6.07) is 4.41. The van der Waals surface area contributed by atoms with Crippen molar-refractivity contribution in [3.8, 4) is 0 Å². The molecular weight excluding hydrogens is 323 g/mol. The number of nitrogens with zero attached hydrogens (tertiary/aromatic N) is 2. The summed E-state index contributed by atoms with van der Waals surface area (Å²) in [5.74, 6) is -0.0642. The highest BCUT2D eigenvalue weighted by atomic mass is 35.5. The Hall–Kier alpha value is -1.44. The summed E-state index contributed by atoms with van der Waals surface area (Å²) < 4.78 is 28.5. The molecule has 0 atom stereocenters. The van der Waals surface area contributed by atoms with Gasteiger partial charge < -0.3 is 5.73 Å². The minimum absolute atomic E-state index is 0.0592. The molecule has 6 nitrogen and oxygen atoms in total. The number of halogens is 2. The largest absolute Gasteiger partial charge is 0.381 e. The van der Waals surface area contributed by atoms with Crippen LogP contribution in [0.1, 0.15) is 5.69 Å². The molecule has 0 aliphatic carbocycles. The number of nitrogens with one attached hydrogen (secondary N) is 1. The van der Waals surface area contributed by atoms with Crippen LogP contribution >= 0.6 is 23.2 Å². The van der Waals surface area contributed by atoms with Crippen LogP contribution in [0.4, 0.5) is 11.5 Å². The van der Waals surface area contributed by atoms with Crippen molar-refractivity contribution in [2.75, 3.05) is 10.5 Å². The molecule has 0 saturated carbocycles. The number of nitrogen functional groups attached to an aromatic ring is 1. The van der Waals surface area contributed by atoms with Crippen molar-refractivity contribution in [3.05, 3.63) is 33.9 Å². The quantitative estimate of drug-likeness (QED) is 0.901. The zero-order valence-electron chi connectivity index (χ0n) is 10.7. The Labute approximate surface area is 126 Å². The van der Waals surface area contributed by atoms with E-state index in [0.717, 1.165) is 0 Å². The second kappa shape index (κ2) is 5.16. The third-order valence-corrected chi connectivity index (χ3v) is 4.67. The summed E-state index contributed by atoms with van der Waals surface area (Å²) in [4.78, 5) is -0.0592. The van der Waals surface area contributed by atoms with Crippen LogP contribution in [0.3, 0.4) is 0 Å². The van der Waals surface area contributed by atoms with Crippen molar-refractivity contribution in [2.24, 2.45) is 7.05 Å². The van der Waals surface area contributed by atoms with E-state index in [4.69, 9.17) is 28.9 Å². The first-order valence-corrected chi connectivity index (χ1v) is 7.72. The van der Waals surface area contributed by atoms with Crippen LogP contribution in [0.15, 0.2) is 23.1 Å². The molecule has 20 heavy (non-hydrogen) atoms. The van der Waals surface area contributed by atoms with Gasteiger partial charge in [0.25, 0.3) is 10.0 Å². The highest BCUT2D eigenvalue weighted by Crippen LogP contribution is 2.27. The lowest BCUT2D eigenvalue weighted by molar-refractivity contribution is 0.600. The standard InChI is InChI=1S/C11H12Cl2N4O2S/c1-6-10(11(14)15-17(6)2)20(18,19)16-9-4-7(12)3-8(13)5-9/h3-5,16H,1-2H3,(H2,14,15). The van der Waals surface area contributed by atoms with Gasteiger partial charge in [0.15, 0.2) is 10.7 Å². The molecule has 2 rings (SSSR count). The van der Waals surface area contributed by atoms with Gasteiger partial charge in [0.1, 0.15) is 0 Å². The van der Waals surface area contributed by atoms with Crippen LogP contribution in [0.25, 0.3) is 0 Å². The lowest BCUT2D eigenvalue weighted by Gasteiger charge is -2.09. The molecule has 0 amide bonds. The number of hydrogen-bond donors (Lipinski definition) is 2. The maximum absolute atomic E-state index is 12.3. The Morgan fingerprint density at radius 2 is 1.80 bits per heavy atom. The molecule has 2 aromatic rings. The van der Waals surface area contributed by atoms with Gasteiger partial charge >= 0.3 is 0 Å². The van der Waals surface area contributed by atoms with Crippen LogP contribution in [-0.4, -0.2) is 18.2 Å². The number of anilines is 2. The molecule has 1 heterocycles. The van der Waals surface area contributed by atoms with Crippen molar-refractivity contribution in [2.45, 2.75) is 11.8 Å². The monoisotopic (exact) mass is 334 g/mol. The molecule has 0 unspecified atom stereocenters. The van der Waals surface area contributed by atoms with Crippen LogP contribution in [-0.2, 0) is 17.1 Å². The van der Waals surface area contributed by atoms with Crippen molar-refractivity contribution in [1.82, 2.24) is 9.78 Å². The number of nitrogens with two attached hydrogens (primary N) is 1. The third-order valence-electron chi connectivity index (χ3n) is 2.69. The summed E-state index contributed by atoms with van der Waals surface area (Å²) >= 11 is 11.7. The van der Waals surface area contributed by atoms with Crippen LogP contribution in [0.5, 0.6) is 0 Å². The summed E-state index contributed by atoms with van der Waals surface area (Å²) in [5.41, 5.74) is 6.33. The van der Waals surface area contributed by atoms with Crippen molar-refractivity contribution in [3.63, 3.8) is 0 Å². The first-order valence-electron chi connectivity index (χ1n) is 5.48. The smallest absolute Gasteiger partial charge is 0.267 e. The summed E-state index contributed by atoms with van der Waals surface area (Å²) in [7, 11) is -2.25. The van der Waals surface area contributed by atoms with Crippen LogP contribution in [0, 0.1) is 6.92 Å². The molecule has 0 radical (unpaired) electrons. The molecule has 0 aliphatic heterocycles. The Balaban J connectivity index is 2.46. The van der Waals surface area contributed by atoms with Crippen LogP contribution in [0.2, 0.25) is 10.0 Å². The second-order valence-corrected chi connectivity index (χ2v) is 6.68. The first kappa shape index (κ1) is 15.0. The van der Waals surface area contributed by atoms with Gasteiger partial charge in [-0.25, -0.2) is 8.42 Å². The minimum Gasteiger partial charge on any atom is -0.381 e. The van der Waals surface area contributed by atoms with Gasteiger partial charge in [0.2, 0.25) is 0 Å². The number of sulfonamides is 1. The van der Waals surface area contributed by atoms with Crippen molar-refractivity contribution in [1.29, 1.82) is 0 Å². The molecule has 9 heteroatoms. The molecule has 1 aromatic carbocycles. The maximum atomic E-state index is 12.3. The predicted molar refractivity (Wildman–Crippen MR) is 79.6 cm³/mol. The maximum Gasteiger partial charge on any atom is 0.267 e. The normalized spacial score (nSPS) is 11.6. The lowest BCUT2D eigenvalue weighted by atomic mass is 10.3. The average molecular weight is 335 g/mol. The van der Waals surface area contributed by atoms with Gasteiger partial charge in [-0.3, -0.25) is 9.40 Å². The molecule has 0 aliphatic rings. The van der Waals surface area contributed by atoms with Gasteiger partial charge in [-0.15, -0.1) is 0 Å². The number of benzene rings is 1. The molecule has 108 valence electrons. The first-order chi connectivity index (χ1) is 9.20. The van der Waals surface area contributed by atoms with Gasteiger partial charge in [-0.1, -0.05) is 23.2 Å². The van der Waals surface area contributed by atoms with E-state index in [-0.39, 0.29) is 16.4 Å². The highest BCUT2D eigenvalue weighted by molar-refractivity contribution is 7.93. The zero-order chi connectivity index (χ0) is 15.1. The van der Waals surface area contributed by atoms with Gasteiger partial charge in [-0.2, -0.15) is 5.10 Å². The third kappa shape index (κ3) is 2.84. The fourth-order valence-electron chi connectivity index (χ4n) is 1.77. The van der Waals surface area contributed by atoms with Gasteiger partial charge in [-0.05, 0) is 25.1 Å². The second-order valence-electron chi connectivity index (χ2n) is 4.19. The molecule has 3 N–H and O–H groups in total. The molecule has 0 saturated heterocycles. The van der Waals surface area contributed by atoms with E-state index in [0.29, 0.717) is 15.7 Å². The fourth-order valence-corrected chi connectivity index (χ4v) is 3.66. The molecule has 0 bridgehead atoms. The van der Waals surface area contributed by atoms with Crippen LogP contribution < -0.4 is 10.5 Å². The van der Waals surface area contributed by atoms with E-state index in [2.05, 4.69) is 9.82 Å². The van der Waals surface area contributed by atoms with Gasteiger partial charge in [0.05, 0.1) is 11.4 Å². The van der Waals surface area contributed by atoms with Crippen molar-refractivity contribution >= 4 is 44.7 Å². The molecule has 1 aromatic heterocycles. The fraction of sp³-hybridized carbons (Fsp3) is 0.182. The topological polar surface area (TPSA) is 90.0 Å². The van der Waals surface area contributed by atoms with E-state index in [9.17, 15) is 8.42 Å². The Morgan fingerprint density at radius 1 is 1.25 bits per heavy atom. The number of rotatable bonds is 3. The number of hydrogen-bond acceptors (Lipinski definition) is 4. The Kier molecular flexibility index (Phi) is 3.86. The average Bonchev–Trinajstić information content (AvgIpc) is 2.50. The highest BCUT2D eigenvalue weighted by Gasteiger charge is 2.24. The molecule has 0 spiro atoms. The summed E-state index contributed by atoms with van der Waals surface area (Å²) in [6.45, 7) is 1.61. The lowest BCUT2D eigenvalue weighted by Crippen LogP contribution is -2.15. The van der Waals surface area contributed by atoms with Gasteiger partial charge in [0, 0.05) is 17.1 Å². The Bertz CT molecular complexity index is 751. The SMILES string of the molecule is Cc1c(S(=O)(=O)Nc2cc(Cl)cc(Cl)c2)c(N)nn1C. The number of aromatic nitrogens is 2. The predicted octanol–water partition coefficient (Wildman–Crippen LogP) is 2.42. The summed E-state index contributed by atoms with van der Waals surface area (Å²) in [5, 5.41) is 4.53. The number of aryl methyl sites for hydroxylation is 1. The molecular formula is C11H12Cl2N4O2S. The van der Waals surface area contributed by atoms with Crippen molar-refractivity contribution < 1.29 is 8.42 Å². The Morgan fingerprint density at radius 3 is 2.25 bits per heavy atom. The van der Waals surface area contributed by atoms with E-state index in [1.54, 1.807) is 14.0 Å². The van der Waals surface area contributed by atoms with E-state index < -0.39 is 10.0 Å². The minimum atomic E-state index is -3.86. The van der Waals surface area contributed by atoms with E-state index in [1.165, 1.54) is 22.9 Å². The van der Waals surface area contributed by atoms with E-state index in [1.807, 2.05) is 0 Å². The summed E-state index contributed by atoms with van der Waals surface area (Å²) in [6.07, 6.45) is 0. The molecule has 0 fully saturated rings.